The lowest BCUT2D eigenvalue weighted by Gasteiger charge is -2.41. The van der Waals surface area contributed by atoms with E-state index in [1.54, 1.807) is 34.6 Å². The van der Waals surface area contributed by atoms with Crippen LogP contribution in [0.15, 0.2) is 0 Å². The maximum atomic E-state index is 13.2. The Morgan fingerprint density at radius 1 is 1.03 bits per heavy atom. The van der Waals surface area contributed by atoms with Crippen LogP contribution in [0.4, 0.5) is 0 Å². The summed E-state index contributed by atoms with van der Waals surface area (Å²) in [5, 5.41) is 14.1. The van der Waals surface area contributed by atoms with Gasteiger partial charge in [-0.2, -0.15) is 0 Å². The molecule has 0 aromatic rings. The van der Waals surface area contributed by atoms with Crippen molar-refractivity contribution >= 4 is 23.6 Å². The van der Waals surface area contributed by atoms with E-state index in [9.17, 15) is 19.2 Å². The molecule has 0 aliphatic rings. The highest BCUT2D eigenvalue weighted by molar-refractivity contribution is 5.93. The van der Waals surface area contributed by atoms with E-state index < -0.39 is 41.3 Å². The highest BCUT2D eigenvalue weighted by atomic mass is 16.5. The maximum Gasteiger partial charge on any atom is 0.245 e. The van der Waals surface area contributed by atoms with Gasteiger partial charge in [-0.3, -0.25) is 24.4 Å². The van der Waals surface area contributed by atoms with Crippen molar-refractivity contribution in [3.8, 4) is 0 Å². The lowest BCUT2D eigenvalue weighted by molar-refractivity contribution is -0.148. The molecule has 0 fully saturated rings. The molecule has 0 rings (SSSR count). The second kappa shape index (κ2) is 12.5. The van der Waals surface area contributed by atoms with Crippen molar-refractivity contribution in [2.24, 2.45) is 17.6 Å². The predicted octanol–water partition coefficient (Wildman–Crippen LogP) is 0.139. The Balaban J connectivity index is 5.44. The molecular weight excluding hydrogens is 390 g/mol. The zero-order chi connectivity index (χ0) is 23.6. The van der Waals surface area contributed by atoms with E-state index in [-0.39, 0.29) is 24.8 Å². The Kier molecular flexibility index (Phi) is 11.6. The first-order chi connectivity index (χ1) is 13.8. The van der Waals surface area contributed by atoms with Gasteiger partial charge in [0.1, 0.15) is 12.1 Å². The topological polar surface area (TPSA) is 154 Å². The minimum absolute atomic E-state index is 0.135. The molecule has 0 spiro atoms. The minimum atomic E-state index is -0.909. The molecule has 0 saturated carbocycles. The fourth-order valence-electron chi connectivity index (χ4n) is 3.29. The lowest BCUT2D eigenvalue weighted by atomic mass is 9.92. The smallest absolute Gasteiger partial charge is 0.245 e. The largest absolute Gasteiger partial charge is 0.353 e. The average molecular weight is 430 g/mol. The molecule has 0 aromatic carbocycles. The minimum Gasteiger partial charge on any atom is -0.353 e. The summed E-state index contributed by atoms with van der Waals surface area (Å²) in [6, 6.07) is -1.68. The fourth-order valence-corrected chi connectivity index (χ4v) is 3.29. The molecule has 10 nitrogen and oxygen atoms in total. The molecule has 0 saturated heterocycles. The van der Waals surface area contributed by atoms with Gasteiger partial charge in [-0.25, -0.2) is 5.48 Å². The second-order valence-electron chi connectivity index (χ2n) is 8.93. The molecule has 0 aliphatic carbocycles. The van der Waals surface area contributed by atoms with E-state index in [1.807, 2.05) is 13.8 Å². The first-order valence-electron chi connectivity index (χ1n) is 10.3. The van der Waals surface area contributed by atoms with E-state index in [2.05, 4.69) is 10.6 Å². The number of carbonyl (C=O) groups excluding carboxylic acids is 4. The van der Waals surface area contributed by atoms with Crippen molar-refractivity contribution in [1.82, 2.24) is 21.0 Å². The molecule has 0 bridgehead atoms. The number of nitrogens with two attached hydrogens (primary N) is 1. The molecule has 0 aromatic heterocycles. The molecule has 10 heteroatoms. The van der Waals surface area contributed by atoms with Gasteiger partial charge < -0.3 is 21.3 Å². The Bertz CT molecular complexity index is 603. The van der Waals surface area contributed by atoms with Crippen molar-refractivity contribution in [3.05, 3.63) is 0 Å². The van der Waals surface area contributed by atoms with Gasteiger partial charge in [0.05, 0.1) is 0 Å². The standard InChI is InChI=1S/C20H39N5O5/c1-12(2)10-15(11-16(26)24-30)18(28)23-13(3)19(29)25(20(5,6)7)14(4)17(27)22-9-8-21/h12-15,30H,8-11,21H2,1-7H3,(H,22,27)(H,23,28)(H,24,26)/t13-,14+,15?/m1/s1. The molecule has 6 N–H and O–H groups in total. The summed E-state index contributed by atoms with van der Waals surface area (Å²) in [7, 11) is 0. The van der Waals surface area contributed by atoms with E-state index in [4.69, 9.17) is 10.9 Å². The molecule has 174 valence electrons. The third-order valence-electron chi connectivity index (χ3n) is 4.58. The van der Waals surface area contributed by atoms with Crippen molar-refractivity contribution < 1.29 is 24.4 Å². The molecule has 30 heavy (non-hydrogen) atoms. The van der Waals surface area contributed by atoms with Crippen LogP contribution in [0.25, 0.3) is 0 Å². The van der Waals surface area contributed by atoms with Crippen molar-refractivity contribution in [1.29, 1.82) is 0 Å². The van der Waals surface area contributed by atoms with Crippen LogP contribution in [-0.4, -0.2) is 64.4 Å². The molecule has 4 amide bonds. The fraction of sp³-hybridized carbons (Fsp3) is 0.800. The number of rotatable bonds is 11. The first-order valence-corrected chi connectivity index (χ1v) is 10.3. The first kappa shape index (κ1) is 27.8. The van der Waals surface area contributed by atoms with Gasteiger partial charge >= 0.3 is 0 Å². The molecule has 0 aliphatic heterocycles. The van der Waals surface area contributed by atoms with E-state index in [1.165, 1.54) is 10.4 Å². The van der Waals surface area contributed by atoms with Crippen LogP contribution in [0.2, 0.25) is 0 Å². The van der Waals surface area contributed by atoms with Crippen LogP contribution in [0.1, 0.15) is 61.3 Å². The zero-order valence-corrected chi connectivity index (χ0v) is 19.2. The molecular formula is C20H39N5O5. The summed E-state index contributed by atoms with van der Waals surface area (Å²) < 4.78 is 0. The Morgan fingerprint density at radius 3 is 2.03 bits per heavy atom. The van der Waals surface area contributed by atoms with Gasteiger partial charge in [0.15, 0.2) is 0 Å². The summed E-state index contributed by atoms with van der Waals surface area (Å²) >= 11 is 0. The summed E-state index contributed by atoms with van der Waals surface area (Å²) in [6.07, 6.45) is 0.226. The van der Waals surface area contributed by atoms with E-state index in [0.29, 0.717) is 13.0 Å². The zero-order valence-electron chi connectivity index (χ0n) is 19.2. The Labute approximate surface area is 179 Å². The van der Waals surface area contributed by atoms with Crippen molar-refractivity contribution in [3.63, 3.8) is 0 Å². The van der Waals surface area contributed by atoms with Crippen LogP contribution in [0, 0.1) is 11.8 Å². The summed E-state index contributed by atoms with van der Waals surface area (Å²) in [5.41, 5.74) is 6.28. The predicted molar refractivity (Wildman–Crippen MR) is 113 cm³/mol. The van der Waals surface area contributed by atoms with E-state index >= 15 is 0 Å². The van der Waals surface area contributed by atoms with Gasteiger partial charge in [-0.05, 0) is 47.0 Å². The molecule has 1 unspecified atom stereocenters. The SMILES string of the molecule is CC(C)CC(CC(=O)NO)C(=O)N[C@H](C)C(=O)N([C@@H](C)C(=O)NCCN)C(C)(C)C. The third kappa shape index (κ3) is 9.08. The van der Waals surface area contributed by atoms with Gasteiger partial charge in [0.2, 0.25) is 23.6 Å². The number of hydrogen-bond acceptors (Lipinski definition) is 6. The average Bonchev–Trinajstić information content (AvgIpc) is 2.63. The number of amides is 4. The number of hydroxylamine groups is 1. The van der Waals surface area contributed by atoms with Gasteiger partial charge in [0.25, 0.3) is 0 Å². The van der Waals surface area contributed by atoms with Crippen molar-refractivity contribution in [2.75, 3.05) is 13.1 Å². The lowest BCUT2D eigenvalue weighted by Crippen LogP contribution is -2.60. The monoisotopic (exact) mass is 429 g/mol. The third-order valence-corrected chi connectivity index (χ3v) is 4.58. The number of nitrogens with one attached hydrogen (secondary N) is 3. The quantitative estimate of drug-likeness (QED) is 0.232. The summed E-state index contributed by atoms with van der Waals surface area (Å²) in [6.45, 7) is 13.0. The summed E-state index contributed by atoms with van der Waals surface area (Å²) in [5.74, 6) is -2.43. The second-order valence-corrected chi connectivity index (χ2v) is 8.93. The normalized spacial score (nSPS) is 14.5. The van der Waals surface area contributed by atoms with E-state index in [0.717, 1.165) is 0 Å². The molecule has 3 atom stereocenters. The highest BCUT2D eigenvalue weighted by Crippen LogP contribution is 2.20. The Morgan fingerprint density at radius 2 is 1.60 bits per heavy atom. The number of nitrogens with zero attached hydrogens (tertiary/aromatic N) is 1. The van der Waals surface area contributed by atoms with Crippen LogP contribution in [0.3, 0.4) is 0 Å². The maximum absolute atomic E-state index is 13.2. The number of carbonyl (C=O) groups is 4. The Hall–Kier alpha value is -2.20. The van der Waals surface area contributed by atoms with Crippen LogP contribution in [-0.2, 0) is 19.2 Å². The van der Waals surface area contributed by atoms with Crippen LogP contribution < -0.4 is 21.8 Å². The van der Waals surface area contributed by atoms with Gasteiger partial charge in [0, 0.05) is 31.0 Å². The van der Waals surface area contributed by atoms with Crippen molar-refractivity contribution in [2.45, 2.75) is 78.9 Å². The van der Waals surface area contributed by atoms with Gasteiger partial charge in [-0.1, -0.05) is 13.8 Å². The molecule has 0 heterocycles. The van der Waals surface area contributed by atoms with Crippen LogP contribution in [0.5, 0.6) is 0 Å². The summed E-state index contributed by atoms with van der Waals surface area (Å²) in [4.78, 5) is 51.3. The van der Waals surface area contributed by atoms with Gasteiger partial charge in [-0.15, -0.1) is 0 Å². The van der Waals surface area contributed by atoms with Crippen LogP contribution >= 0.6 is 0 Å². The molecule has 0 radical (unpaired) electrons. The number of hydrogen-bond donors (Lipinski definition) is 5. The highest BCUT2D eigenvalue weighted by Gasteiger charge is 2.37.